The van der Waals surface area contributed by atoms with Crippen LogP contribution in [0.15, 0.2) is 29.3 Å². The highest BCUT2D eigenvalue weighted by Crippen LogP contribution is 2.36. The molecule has 1 atom stereocenters. The summed E-state index contributed by atoms with van der Waals surface area (Å²) >= 11 is 0. The summed E-state index contributed by atoms with van der Waals surface area (Å²) in [5.74, 6) is -0.0820. The van der Waals surface area contributed by atoms with Gasteiger partial charge >= 0.3 is 0 Å². The molecule has 2 heterocycles. The number of ether oxygens (including phenoxy) is 1. The summed E-state index contributed by atoms with van der Waals surface area (Å²) in [6.45, 7) is 8.88. The van der Waals surface area contributed by atoms with Gasteiger partial charge in [0.25, 0.3) is 5.91 Å². The molecule has 3 aliphatic rings. The largest absolute Gasteiger partial charge is 0.371 e. The molecule has 1 saturated heterocycles. The van der Waals surface area contributed by atoms with Crippen molar-refractivity contribution < 1.29 is 9.53 Å². The fraction of sp³-hybridized carbons (Fsp3) is 0.593. The maximum Gasteiger partial charge on any atom is 0.290 e. The second-order valence-electron chi connectivity index (χ2n) is 9.95. The van der Waals surface area contributed by atoms with Crippen molar-refractivity contribution in [3.63, 3.8) is 0 Å². The molecule has 0 radical (unpaired) electrons. The number of nitrogens with zero attached hydrogens (tertiary/aromatic N) is 3. The lowest BCUT2D eigenvalue weighted by Crippen LogP contribution is -2.33. The first-order chi connectivity index (χ1) is 16.5. The molecule has 1 aliphatic carbocycles. The van der Waals surface area contributed by atoms with Crippen LogP contribution in [0.5, 0.6) is 0 Å². The Kier molecular flexibility index (Phi) is 8.02. The van der Waals surface area contributed by atoms with Crippen LogP contribution in [0.4, 0.5) is 5.69 Å². The second-order valence-corrected chi connectivity index (χ2v) is 9.95. The lowest BCUT2D eigenvalue weighted by molar-refractivity contribution is -0.110. The predicted molar refractivity (Wildman–Crippen MR) is 136 cm³/mol. The van der Waals surface area contributed by atoms with Crippen LogP contribution in [-0.2, 0) is 15.1 Å². The second kappa shape index (κ2) is 11.2. The first-order valence-electron chi connectivity index (χ1n) is 12.7. The Bertz CT molecular complexity index is 985. The molecule has 1 aromatic carbocycles. The first kappa shape index (κ1) is 24.4. The van der Waals surface area contributed by atoms with Gasteiger partial charge in [0, 0.05) is 24.4 Å². The molecule has 4 rings (SSSR count). The number of likely N-dealkylation sites (tertiary alicyclic amines) is 1. The fourth-order valence-corrected chi connectivity index (χ4v) is 4.92. The monoisotopic (exact) mass is 463 g/mol. The number of hydrogen-bond acceptors (Lipinski definition) is 6. The highest BCUT2D eigenvalue weighted by Gasteiger charge is 2.26. The van der Waals surface area contributed by atoms with Crippen LogP contribution in [0.25, 0.3) is 5.57 Å². The number of rotatable bonds is 9. The Labute approximate surface area is 203 Å². The molecule has 34 heavy (non-hydrogen) atoms. The van der Waals surface area contributed by atoms with Crippen molar-refractivity contribution in [2.24, 2.45) is 4.99 Å². The van der Waals surface area contributed by atoms with Gasteiger partial charge in [-0.25, -0.2) is 4.99 Å². The molecule has 7 heteroatoms. The van der Waals surface area contributed by atoms with E-state index < -0.39 is 11.6 Å². The van der Waals surface area contributed by atoms with Crippen molar-refractivity contribution in [3.05, 3.63) is 35.4 Å². The molecule has 0 spiro atoms. The van der Waals surface area contributed by atoms with E-state index in [4.69, 9.17) is 10.00 Å². The van der Waals surface area contributed by atoms with E-state index in [9.17, 15) is 4.79 Å². The van der Waals surface area contributed by atoms with Gasteiger partial charge in [-0.15, -0.1) is 0 Å². The maximum absolute atomic E-state index is 12.8. The van der Waals surface area contributed by atoms with Crippen molar-refractivity contribution in [3.8, 4) is 6.07 Å². The van der Waals surface area contributed by atoms with Crippen LogP contribution < -0.4 is 10.6 Å². The average Bonchev–Trinajstić information content (AvgIpc) is 3.55. The summed E-state index contributed by atoms with van der Waals surface area (Å²) in [7, 11) is 0. The van der Waals surface area contributed by atoms with Crippen LogP contribution in [0.3, 0.4) is 0 Å². The fourth-order valence-electron chi connectivity index (χ4n) is 4.92. The van der Waals surface area contributed by atoms with Gasteiger partial charge in [0.05, 0.1) is 18.2 Å². The number of hydrogen-bond donors (Lipinski definition) is 2. The number of amidine groups is 1. The highest BCUT2D eigenvalue weighted by atomic mass is 16.5. The molecule has 1 fully saturated rings. The minimum atomic E-state index is -0.507. The highest BCUT2D eigenvalue weighted by molar-refractivity contribution is 6.42. The van der Waals surface area contributed by atoms with Gasteiger partial charge in [0.2, 0.25) is 0 Å². The van der Waals surface area contributed by atoms with E-state index in [0.29, 0.717) is 6.54 Å². The quantitative estimate of drug-likeness (QED) is 0.536. The molecule has 1 aromatic rings. The summed E-state index contributed by atoms with van der Waals surface area (Å²) in [5, 5.41) is 15.0. The van der Waals surface area contributed by atoms with Gasteiger partial charge < -0.3 is 20.3 Å². The van der Waals surface area contributed by atoms with E-state index in [2.05, 4.69) is 52.6 Å². The Hall–Kier alpha value is -2.69. The molecule has 0 bridgehead atoms. The van der Waals surface area contributed by atoms with E-state index in [0.717, 1.165) is 55.6 Å². The summed E-state index contributed by atoms with van der Waals surface area (Å²) in [5.41, 5.74) is 3.78. The van der Waals surface area contributed by atoms with Crippen LogP contribution in [0.1, 0.15) is 69.9 Å². The Morgan fingerprint density at radius 3 is 2.82 bits per heavy atom. The van der Waals surface area contributed by atoms with Crippen molar-refractivity contribution in [2.45, 2.75) is 70.4 Å². The number of nitriles is 1. The molecular formula is C27H37N5O2. The molecule has 2 aliphatic heterocycles. The number of aliphatic imine (C=N–C) groups is 1. The Balaban J connectivity index is 1.48. The predicted octanol–water partition coefficient (Wildman–Crippen LogP) is 4.21. The molecule has 0 aromatic heterocycles. The zero-order valence-corrected chi connectivity index (χ0v) is 20.5. The lowest BCUT2D eigenvalue weighted by Gasteiger charge is -2.28. The third kappa shape index (κ3) is 6.05. The molecule has 1 unspecified atom stereocenters. The standard InChI is InChI=1S/C27H37N5O2/c1-27(2,34-16-8-15-32-13-6-7-14-32)21-11-12-24(23(17-21)20-9-4-3-5-10-20)31-26(33)25-29-19-22(18-28)30-25/h9,11-12,17,22H,3-8,10,13-16,19H2,1-2H3,(H,29,30)(H,31,33). The minimum absolute atomic E-state index is 0.223. The van der Waals surface area contributed by atoms with Gasteiger partial charge in [-0.2, -0.15) is 5.26 Å². The number of benzene rings is 1. The Morgan fingerprint density at radius 2 is 2.12 bits per heavy atom. The SMILES string of the molecule is CC(C)(OCCCN1CCCC1)c1ccc(NC(=O)C2=NC(C#N)CN2)c(C2=CCCCC2)c1. The lowest BCUT2D eigenvalue weighted by atomic mass is 9.88. The van der Waals surface area contributed by atoms with Gasteiger partial charge in [-0.1, -0.05) is 12.1 Å². The minimum Gasteiger partial charge on any atom is -0.371 e. The van der Waals surface area contributed by atoms with Gasteiger partial charge in [0.15, 0.2) is 11.9 Å². The van der Waals surface area contributed by atoms with Crippen LogP contribution in [-0.4, -0.2) is 55.5 Å². The third-order valence-electron chi connectivity index (χ3n) is 6.99. The van der Waals surface area contributed by atoms with E-state index in [1.54, 1.807) is 0 Å². The average molecular weight is 464 g/mol. The summed E-state index contributed by atoms with van der Waals surface area (Å²) in [4.78, 5) is 19.5. The van der Waals surface area contributed by atoms with Gasteiger partial charge in [-0.05, 0) is 95.2 Å². The van der Waals surface area contributed by atoms with E-state index in [1.165, 1.54) is 37.9 Å². The van der Waals surface area contributed by atoms with E-state index in [-0.39, 0.29) is 11.7 Å². The topological polar surface area (TPSA) is 89.8 Å². The number of carbonyl (C=O) groups is 1. The molecule has 182 valence electrons. The number of allylic oxidation sites excluding steroid dienone is 2. The summed E-state index contributed by atoms with van der Waals surface area (Å²) in [6.07, 6.45) is 10.4. The summed E-state index contributed by atoms with van der Waals surface area (Å²) in [6, 6.07) is 7.77. The number of nitrogens with one attached hydrogen (secondary N) is 2. The first-order valence-corrected chi connectivity index (χ1v) is 12.7. The smallest absolute Gasteiger partial charge is 0.290 e. The molecule has 2 N–H and O–H groups in total. The number of carbonyl (C=O) groups excluding carboxylic acids is 1. The van der Waals surface area contributed by atoms with Crippen molar-refractivity contribution in [1.82, 2.24) is 10.2 Å². The maximum atomic E-state index is 12.8. The van der Waals surface area contributed by atoms with E-state index >= 15 is 0 Å². The Morgan fingerprint density at radius 1 is 1.29 bits per heavy atom. The number of anilines is 1. The molecular weight excluding hydrogens is 426 g/mol. The van der Waals surface area contributed by atoms with Crippen molar-refractivity contribution in [2.75, 3.05) is 38.1 Å². The molecule has 1 amide bonds. The number of amides is 1. The van der Waals surface area contributed by atoms with E-state index in [1.807, 2.05) is 12.1 Å². The molecule has 7 nitrogen and oxygen atoms in total. The zero-order valence-electron chi connectivity index (χ0n) is 20.5. The van der Waals surface area contributed by atoms with Crippen LogP contribution >= 0.6 is 0 Å². The third-order valence-corrected chi connectivity index (χ3v) is 6.99. The summed E-state index contributed by atoms with van der Waals surface area (Å²) < 4.78 is 6.35. The van der Waals surface area contributed by atoms with Crippen molar-refractivity contribution in [1.29, 1.82) is 5.26 Å². The normalized spacial score (nSPS) is 20.9. The van der Waals surface area contributed by atoms with Crippen LogP contribution in [0.2, 0.25) is 0 Å². The van der Waals surface area contributed by atoms with Crippen molar-refractivity contribution >= 4 is 23.0 Å². The van der Waals surface area contributed by atoms with Crippen LogP contribution in [0, 0.1) is 11.3 Å². The van der Waals surface area contributed by atoms with Gasteiger partial charge in [0.1, 0.15) is 0 Å². The van der Waals surface area contributed by atoms with Gasteiger partial charge in [-0.3, -0.25) is 4.79 Å². The zero-order chi connectivity index (χ0) is 24.0. The molecule has 0 saturated carbocycles.